The molecule has 3 nitrogen and oxygen atoms in total. The van der Waals surface area contributed by atoms with Gasteiger partial charge in [-0.05, 0) is 48.7 Å². The van der Waals surface area contributed by atoms with Crippen LogP contribution in [0, 0.1) is 24.1 Å². The molecule has 2 N–H and O–H groups in total. The third-order valence-corrected chi connectivity index (χ3v) is 4.26. The lowest BCUT2D eigenvalue weighted by molar-refractivity contribution is 0.632. The minimum absolute atomic E-state index is 0.307. The number of nitrogens with zero attached hydrogens (tertiary/aromatic N) is 1. The van der Waals surface area contributed by atoms with E-state index >= 15 is 0 Å². The van der Waals surface area contributed by atoms with Gasteiger partial charge in [0, 0.05) is 22.3 Å². The van der Waals surface area contributed by atoms with Crippen LogP contribution in [0.5, 0.6) is 0 Å². The molecule has 0 saturated heterocycles. The average molecular weight is 323 g/mol. The zero-order valence-electron chi connectivity index (χ0n) is 12.4. The topological polar surface area (TPSA) is 51.6 Å². The standard InChI is InChI=1S/C18H14FN3S/c1-12-4-2-3-5-15(12)18-9-14(11-21-18)23-22-17-7-6-13(10-20)8-16(17)19/h2-9,11,21-22H,1H3. The predicted molar refractivity (Wildman–Crippen MR) is 91.6 cm³/mol. The molecule has 1 aromatic heterocycles. The van der Waals surface area contributed by atoms with Crippen LogP contribution in [0.3, 0.4) is 0 Å². The van der Waals surface area contributed by atoms with Crippen molar-refractivity contribution in [2.24, 2.45) is 0 Å². The maximum atomic E-state index is 13.8. The molecule has 3 rings (SSSR count). The first-order chi connectivity index (χ1) is 11.2. The van der Waals surface area contributed by atoms with Crippen LogP contribution in [0.1, 0.15) is 11.1 Å². The van der Waals surface area contributed by atoms with Crippen LogP contribution in [-0.2, 0) is 0 Å². The zero-order chi connectivity index (χ0) is 16.2. The summed E-state index contributed by atoms with van der Waals surface area (Å²) in [6.45, 7) is 2.06. The van der Waals surface area contributed by atoms with Crippen LogP contribution in [0.25, 0.3) is 11.3 Å². The Hall–Kier alpha value is -2.71. The molecule has 23 heavy (non-hydrogen) atoms. The fourth-order valence-corrected chi connectivity index (χ4v) is 2.93. The second-order valence-electron chi connectivity index (χ2n) is 5.07. The number of benzene rings is 2. The van der Waals surface area contributed by atoms with E-state index in [-0.39, 0.29) is 0 Å². The van der Waals surface area contributed by atoms with Crippen molar-refractivity contribution in [2.45, 2.75) is 11.8 Å². The van der Waals surface area contributed by atoms with E-state index in [1.807, 2.05) is 30.5 Å². The van der Waals surface area contributed by atoms with Crippen molar-refractivity contribution < 1.29 is 4.39 Å². The Bertz CT molecular complexity index is 880. The molecule has 0 spiro atoms. The molecule has 0 atom stereocenters. The van der Waals surface area contributed by atoms with Crippen molar-refractivity contribution in [2.75, 3.05) is 4.72 Å². The number of hydrogen-bond acceptors (Lipinski definition) is 3. The number of H-pyrrole nitrogens is 1. The number of rotatable bonds is 4. The van der Waals surface area contributed by atoms with Crippen LogP contribution in [0.15, 0.2) is 59.6 Å². The quantitative estimate of drug-likeness (QED) is 0.655. The minimum atomic E-state index is -0.439. The lowest BCUT2D eigenvalue weighted by Gasteiger charge is -2.05. The second kappa shape index (κ2) is 6.59. The lowest BCUT2D eigenvalue weighted by Crippen LogP contribution is -1.91. The highest BCUT2D eigenvalue weighted by atomic mass is 32.2. The summed E-state index contributed by atoms with van der Waals surface area (Å²) in [5.74, 6) is -0.439. The number of halogens is 1. The summed E-state index contributed by atoms with van der Waals surface area (Å²) in [4.78, 5) is 4.19. The van der Waals surface area contributed by atoms with E-state index in [1.54, 1.807) is 12.1 Å². The van der Waals surface area contributed by atoms with E-state index < -0.39 is 5.82 Å². The van der Waals surface area contributed by atoms with Crippen LogP contribution < -0.4 is 4.72 Å². The summed E-state index contributed by atoms with van der Waals surface area (Å²) in [5.41, 5.74) is 4.02. The Labute approximate surface area is 138 Å². The van der Waals surface area contributed by atoms with Crippen molar-refractivity contribution >= 4 is 17.6 Å². The molecule has 0 bridgehead atoms. The number of aryl methyl sites for hydroxylation is 1. The van der Waals surface area contributed by atoms with Crippen LogP contribution >= 0.6 is 11.9 Å². The highest BCUT2D eigenvalue weighted by molar-refractivity contribution is 8.00. The molecule has 0 aliphatic rings. The van der Waals surface area contributed by atoms with Gasteiger partial charge in [-0.15, -0.1) is 0 Å². The third kappa shape index (κ3) is 3.38. The molecule has 2 aromatic carbocycles. The lowest BCUT2D eigenvalue weighted by atomic mass is 10.1. The van der Waals surface area contributed by atoms with Gasteiger partial charge in [-0.2, -0.15) is 5.26 Å². The van der Waals surface area contributed by atoms with Crippen LogP contribution in [0.4, 0.5) is 10.1 Å². The van der Waals surface area contributed by atoms with Gasteiger partial charge in [-0.1, -0.05) is 24.3 Å². The van der Waals surface area contributed by atoms with Crippen molar-refractivity contribution in [3.05, 3.63) is 71.7 Å². The summed E-state index contributed by atoms with van der Waals surface area (Å²) in [5, 5.41) is 8.75. The molecular weight excluding hydrogens is 309 g/mol. The normalized spacial score (nSPS) is 10.3. The fourth-order valence-electron chi connectivity index (χ4n) is 2.25. The van der Waals surface area contributed by atoms with Gasteiger partial charge in [0.2, 0.25) is 0 Å². The Morgan fingerprint density at radius 1 is 1.17 bits per heavy atom. The summed E-state index contributed by atoms with van der Waals surface area (Å²) >= 11 is 1.32. The summed E-state index contributed by atoms with van der Waals surface area (Å²) in [6, 6.07) is 16.4. The van der Waals surface area contributed by atoms with Crippen molar-refractivity contribution in [3.8, 4) is 17.3 Å². The molecule has 0 amide bonds. The zero-order valence-corrected chi connectivity index (χ0v) is 13.2. The Balaban J connectivity index is 1.73. The highest BCUT2D eigenvalue weighted by Gasteiger charge is 2.07. The Morgan fingerprint density at radius 2 is 2.00 bits per heavy atom. The van der Waals surface area contributed by atoms with Gasteiger partial charge >= 0.3 is 0 Å². The maximum absolute atomic E-state index is 13.8. The van der Waals surface area contributed by atoms with Gasteiger partial charge in [0.05, 0.1) is 17.3 Å². The summed E-state index contributed by atoms with van der Waals surface area (Å²) in [7, 11) is 0. The first-order valence-corrected chi connectivity index (χ1v) is 7.86. The Kier molecular flexibility index (Phi) is 4.35. The average Bonchev–Trinajstić information content (AvgIpc) is 3.02. The summed E-state index contributed by atoms with van der Waals surface area (Å²) < 4.78 is 16.8. The molecule has 0 fully saturated rings. The predicted octanol–water partition coefficient (Wildman–Crippen LogP) is 5.12. The molecule has 0 saturated carbocycles. The van der Waals surface area contributed by atoms with Gasteiger partial charge in [-0.25, -0.2) is 4.39 Å². The van der Waals surface area contributed by atoms with E-state index in [1.165, 1.54) is 23.6 Å². The SMILES string of the molecule is Cc1ccccc1-c1cc(SNc2ccc(C#N)cc2F)c[nH]1. The molecule has 0 radical (unpaired) electrons. The maximum Gasteiger partial charge on any atom is 0.148 e. The van der Waals surface area contributed by atoms with Gasteiger partial charge < -0.3 is 9.71 Å². The van der Waals surface area contributed by atoms with Crippen LogP contribution in [-0.4, -0.2) is 4.98 Å². The smallest absolute Gasteiger partial charge is 0.148 e. The number of nitrogens with one attached hydrogen (secondary N) is 2. The molecule has 0 unspecified atom stereocenters. The monoisotopic (exact) mass is 323 g/mol. The minimum Gasteiger partial charge on any atom is -0.360 e. The van der Waals surface area contributed by atoms with Gasteiger partial charge in [-0.3, -0.25) is 0 Å². The number of hydrogen-bond donors (Lipinski definition) is 2. The van der Waals surface area contributed by atoms with E-state index in [9.17, 15) is 4.39 Å². The van der Waals surface area contributed by atoms with E-state index in [4.69, 9.17) is 5.26 Å². The summed E-state index contributed by atoms with van der Waals surface area (Å²) in [6.07, 6.45) is 1.88. The van der Waals surface area contributed by atoms with Crippen molar-refractivity contribution in [1.82, 2.24) is 4.98 Å². The first kappa shape index (κ1) is 15.2. The number of anilines is 1. The van der Waals surface area contributed by atoms with E-state index in [2.05, 4.69) is 28.8 Å². The molecule has 5 heteroatoms. The van der Waals surface area contributed by atoms with E-state index in [0.29, 0.717) is 11.3 Å². The number of aromatic nitrogens is 1. The molecule has 1 heterocycles. The molecule has 114 valence electrons. The van der Waals surface area contributed by atoms with Crippen LogP contribution in [0.2, 0.25) is 0 Å². The molecular formula is C18H14FN3S. The fraction of sp³-hybridized carbons (Fsp3) is 0.0556. The first-order valence-electron chi connectivity index (χ1n) is 7.04. The molecule has 0 aliphatic heterocycles. The Morgan fingerprint density at radius 3 is 2.74 bits per heavy atom. The number of nitriles is 1. The van der Waals surface area contributed by atoms with Gasteiger partial charge in [0.1, 0.15) is 5.82 Å². The molecule has 0 aliphatic carbocycles. The largest absolute Gasteiger partial charge is 0.360 e. The second-order valence-corrected chi connectivity index (χ2v) is 5.95. The highest BCUT2D eigenvalue weighted by Crippen LogP contribution is 2.29. The van der Waals surface area contributed by atoms with Crippen molar-refractivity contribution in [1.29, 1.82) is 5.26 Å². The van der Waals surface area contributed by atoms with E-state index in [0.717, 1.165) is 16.2 Å². The van der Waals surface area contributed by atoms with Crippen molar-refractivity contribution in [3.63, 3.8) is 0 Å². The van der Waals surface area contributed by atoms with Gasteiger partial charge in [0.15, 0.2) is 0 Å². The third-order valence-electron chi connectivity index (χ3n) is 3.47. The number of aromatic amines is 1. The van der Waals surface area contributed by atoms with Gasteiger partial charge in [0.25, 0.3) is 0 Å². The molecule has 3 aromatic rings.